The third-order valence-corrected chi connectivity index (χ3v) is 8.25. The van der Waals surface area contributed by atoms with E-state index >= 15 is 0 Å². The molecule has 18 nitrogen and oxygen atoms in total. The summed E-state index contributed by atoms with van der Waals surface area (Å²) in [6, 6.07) is 1.92. The van der Waals surface area contributed by atoms with Gasteiger partial charge in [0.25, 0.3) is 5.91 Å². The number of rotatable bonds is 10. The molecule has 0 spiro atoms. The fourth-order valence-corrected chi connectivity index (χ4v) is 5.75. The Morgan fingerprint density at radius 2 is 1.92 bits per heavy atom. The summed E-state index contributed by atoms with van der Waals surface area (Å²) in [5, 5.41) is 29.3. The van der Waals surface area contributed by atoms with Gasteiger partial charge in [0.15, 0.2) is 24.2 Å². The smallest absolute Gasteiger partial charge is 0.338 e. The van der Waals surface area contributed by atoms with Crippen molar-refractivity contribution in [2.24, 2.45) is 5.73 Å². The maximum Gasteiger partial charge on any atom is 0.338 e. The molecular formula is C30H38N6O12. The van der Waals surface area contributed by atoms with Crippen molar-refractivity contribution in [2.75, 3.05) is 13.8 Å². The number of hydrogen-bond acceptors (Lipinski definition) is 14. The molecule has 0 aromatic carbocycles. The van der Waals surface area contributed by atoms with Gasteiger partial charge in [-0.1, -0.05) is 0 Å². The molecule has 1 aromatic rings. The summed E-state index contributed by atoms with van der Waals surface area (Å²) in [6.07, 6.45) is -3.98. The predicted octanol–water partition coefficient (Wildman–Crippen LogP) is -2.74. The maximum atomic E-state index is 13.1. The van der Waals surface area contributed by atoms with Gasteiger partial charge in [0.2, 0.25) is 24.0 Å². The zero-order valence-electron chi connectivity index (χ0n) is 26.1. The molecule has 18 heteroatoms. The van der Waals surface area contributed by atoms with Crippen molar-refractivity contribution in [3.05, 3.63) is 54.2 Å². The van der Waals surface area contributed by atoms with Crippen LogP contribution in [0.15, 0.2) is 48.6 Å². The number of primary amides is 1. The highest BCUT2D eigenvalue weighted by Gasteiger charge is 2.55. The second kappa shape index (κ2) is 15.1. The van der Waals surface area contributed by atoms with Crippen LogP contribution in [0.5, 0.6) is 0 Å². The van der Waals surface area contributed by atoms with E-state index in [4.69, 9.17) is 29.4 Å². The lowest BCUT2D eigenvalue weighted by molar-refractivity contribution is -0.241. The Morgan fingerprint density at radius 1 is 1.17 bits per heavy atom. The number of aromatic nitrogens is 1. The highest BCUT2D eigenvalue weighted by Crippen LogP contribution is 2.34. The normalized spacial score (nSPS) is 32.5. The van der Waals surface area contributed by atoms with E-state index in [9.17, 15) is 34.2 Å². The van der Waals surface area contributed by atoms with Crippen molar-refractivity contribution in [3.63, 3.8) is 0 Å². The van der Waals surface area contributed by atoms with Gasteiger partial charge in [-0.05, 0) is 44.4 Å². The molecule has 4 amide bonds. The monoisotopic (exact) mass is 674 g/mol. The summed E-state index contributed by atoms with van der Waals surface area (Å²) < 4.78 is 29.0. The van der Waals surface area contributed by atoms with Gasteiger partial charge in [0.1, 0.15) is 30.5 Å². The first-order valence-electron chi connectivity index (χ1n) is 15.3. The van der Waals surface area contributed by atoms with Gasteiger partial charge in [0.05, 0.1) is 12.2 Å². The van der Waals surface area contributed by atoms with Crippen LogP contribution in [0.25, 0.3) is 0 Å². The fraction of sp³-hybridized carbons (Fsp3) is 0.533. The molecule has 7 N–H and O–H groups in total. The van der Waals surface area contributed by atoms with Crippen LogP contribution in [0.1, 0.15) is 36.5 Å². The minimum Gasteiger partial charge on any atom is -0.456 e. The Bertz CT molecular complexity index is 1440. The van der Waals surface area contributed by atoms with E-state index in [1.165, 1.54) is 48.8 Å². The van der Waals surface area contributed by atoms with Crippen LogP contribution in [0.3, 0.4) is 0 Å². The number of aliphatic hydroxyl groups is 2. The van der Waals surface area contributed by atoms with Crippen LogP contribution in [-0.2, 0) is 42.9 Å². The highest BCUT2D eigenvalue weighted by molar-refractivity contribution is 5.96. The average Bonchev–Trinajstić information content (AvgIpc) is 3.33. The number of nitrogens with zero attached hydrogens (tertiary/aromatic N) is 2. The molecule has 2 saturated heterocycles. The number of carbonyl (C=O) groups is 5. The molecule has 4 aliphatic heterocycles. The van der Waals surface area contributed by atoms with Gasteiger partial charge in [-0.25, -0.2) is 4.79 Å². The van der Waals surface area contributed by atoms with Gasteiger partial charge < -0.3 is 60.5 Å². The molecule has 0 radical (unpaired) electrons. The summed E-state index contributed by atoms with van der Waals surface area (Å²) in [6.45, 7) is 1.79. The zero-order chi connectivity index (χ0) is 34.5. The number of methoxy groups -OCH3 is 1. The maximum absolute atomic E-state index is 13.1. The van der Waals surface area contributed by atoms with E-state index in [0.29, 0.717) is 12.8 Å². The zero-order valence-corrected chi connectivity index (χ0v) is 26.1. The number of ether oxygens (including phenoxy) is 5. The van der Waals surface area contributed by atoms with Crippen molar-refractivity contribution < 1.29 is 57.9 Å². The molecule has 1 aromatic heterocycles. The van der Waals surface area contributed by atoms with Crippen molar-refractivity contribution in [1.82, 2.24) is 25.8 Å². The third kappa shape index (κ3) is 7.74. The molecule has 1 unspecified atom stereocenters. The van der Waals surface area contributed by atoms with E-state index in [0.717, 1.165) is 12.5 Å². The highest BCUT2D eigenvalue weighted by atomic mass is 16.7. The van der Waals surface area contributed by atoms with Crippen molar-refractivity contribution in [1.29, 1.82) is 0 Å². The summed E-state index contributed by atoms with van der Waals surface area (Å²) in [5.74, 6) is -3.98. The number of hydrogen-bond donors (Lipinski definition) is 6. The van der Waals surface area contributed by atoms with Crippen molar-refractivity contribution >= 4 is 29.6 Å². The molecule has 0 aliphatic carbocycles. The van der Waals surface area contributed by atoms with E-state index < -0.39 is 78.7 Å². The molecule has 0 bridgehead atoms. The minimum atomic E-state index is -1.83. The van der Waals surface area contributed by atoms with Crippen molar-refractivity contribution in [2.45, 2.75) is 87.4 Å². The molecule has 5 rings (SSSR count). The first kappa shape index (κ1) is 34.7. The van der Waals surface area contributed by atoms with Crippen LogP contribution in [-0.4, -0.2) is 125 Å². The SMILES string of the molecule is CO[C@@H]1C([C@@H](O[C@H]2OC(C(=O)N[C@H]3CCC[C@@H](C)NC3=O)=C[C@H](O)[C@@H]2O)C(N)=O)O[C@@H](N2C=CC(=O)NC2)[C@@H]1OC(=O)c1ccncc1. The van der Waals surface area contributed by atoms with Crippen LogP contribution in [0.4, 0.5) is 0 Å². The molecule has 0 saturated carbocycles. The number of nitrogens with one attached hydrogen (secondary N) is 3. The van der Waals surface area contributed by atoms with Crippen LogP contribution < -0.4 is 21.7 Å². The summed E-state index contributed by atoms with van der Waals surface area (Å²) >= 11 is 0. The second-order valence-corrected chi connectivity index (χ2v) is 11.7. The minimum absolute atomic E-state index is 0.0631. The van der Waals surface area contributed by atoms with E-state index in [1.54, 1.807) is 0 Å². The van der Waals surface area contributed by atoms with Gasteiger partial charge in [-0.2, -0.15) is 0 Å². The van der Waals surface area contributed by atoms with Gasteiger partial charge >= 0.3 is 5.97 Å². The van der Waals surface area contributed by atoms with Crippen LogP contribution in [0, 0.1) is 0 Å². The topological polar surface area (TPSA) is 250 Å². The molecule has 4 aliphatic rings. The van der Waals surface area contributed by atoms with E-state index in [2.05, 4.69) is 20.9 Å². The Hall–Kier alpha value is -4.62. The first-order valence-corrected chi connectivity index (χ1v) is 15.3. The lowest BCUT2D eigenvalue weighted by Gasteiger charge is -2.35. The third-order valence-electron chi connectivity index (χ3n) is 8.25. The summed E-state index contributed by atoms with van der Waals surface area (Å²) in [7, 11) is 1.27. The molecular weight excluding hydrogens is 636 g/mol. The lowest BCUT2D eigenvalue weighted by atomic mass is 10.0. The standard InChI is InChI=1S/C30H38N6O12/c1-14-4-3-5-16(26(41)34-14)35-27(42)18-12-17(37)20(39)30(45-18)48-23(25(31)40)22-21(44-2)24(47-29(43)15-6-9-32-10-7-15)28(46-22)36-11-8-19(38)33-13-36/h6-12,14,16-17,20-24,28,30,37,39H,3-5,13H2,1-2H3,(H2,31,40)(H,33,38)(H,34,41)(H,35,42)/t14-,16+,17+,20+,21-,22?,23-,24-,28-,30-/m1/s1. The molecule has 48 heavy (non-hydrogen) atoms. The predicted molar refractivity (Wildman–Crippen MR) is 159 cm³/mol. The number of nitrogens with two attached hydrogens (primary N) is 1. The van der Waals surface area contributed by atoms with Crippen LogP contribution >= 0.6 is 0 Å². The number of amides is 4. The largest absolute Gasteiger partial charge is 0.456 e. The number of pyridine rings is 1. The fourth-order valence-electron chi connectivity index (χ4n) is 5.75. The Balaban J connectivity index is 1.36. The summed E-state index contributed by atoms with van der Waals surface area (Å²) in [5.41, 5.74) is 5.89. The first-order chi connectivity index (χ1) is 23.0. The Kier molecular flexibility index (Phi) is 10.9. The number of esters is 1. The Labute approximate surface area is 274 Å². The Morgan fingerprint density at radius 3 is 2.58 bits per heavy atom. The molecule has 5 heterocycles. The van der Waals surface area contributed by atoms with Crippen LogP contribution in [0.2, 0.25) is 0 Å². The number of carbonyl (C=O) groups excluding carboxylic acids is 5. The number of aliphatic hydroxyl groups excluding tert-OH is 2. The molecule has 260 valence electrons. The van der Waals surface area contributed by atoms with Gasteiger partial charge in [-0.15, -0.1) is 0 Å². The summed E-state index contributed by atoms with van der Waals surface area (Å²) in [4.78, 5) is 68.8. The lowest BCUT2D eigenvalue weighted by Crippen LogP contribution is -2.54. The quantitative estimate of drug-likeness (QED) is 0.138. The van der Waals surface area contributed by atoms with Gasteiger partial charge in [0, 0.05) is 37.8 Å². The molecule has 10 atom stereocenters. The average molecular weight is 675 g/mol. The van der Waals surface area contributed by atoms with E-state index in [1.807, 2.05) is 6.92 Å². The van der Waals surface area contributed by atoms with Crippen molar-refractivity contribution in [3.8, 4) is 0 Å². The van der Waals surface area contributed by atoms with E-state index in [-0.39, 0.29) is 30.1 Å². The van der Waals surface area contributed by atoms with Gasteiger partial charge in [-0.3, -0.25) is 24.2 Å². The molecule has 2 fully saturated rings. The second-order valence-electron chi connectivity index (χ2n) is 11.7.